The lowest BCUT2D eigenvalue weighted by Gasteiger charge is -2.31. The van der Waals surface area contributed by atoms with Crippen LogP contribution in [0.15, 0.2) is 11.1 Å². The van der Waals surface area contributed by atoms with Crippen LogP contribution in [0, 0.1) is 5.41 Å². The van der Waals surface area contributed by atoms with Gasteiger partial charge in [0.1, 0.15) is 0 Å². The molecular formula is C11H19N. The molecule has 1 atom stereocenters. The third-order valence-electron chi connectivity index (χ3n) is 3.72. The minimum atomic E-state index is 0.513. The van der Waals surface area contributed by atoms with E-state index in [4.69, 9.17) is 5.73 Å². The van der Waals surface area contributed by atoms with Crippen LogP contribution in [0.5, 0.6) is 0 Å². The molecule has 2 bridgehead atoms. The van der Waals surface area contributed by atoms with Crippen molar-refractivity contribution >= 4 is 0 Å². The normalized spacial score (nSPS) is 34.5. The van der Waals surface area contributed by atoms with Gasteiger partial charge in [0, 0.05) is 0 Å². The van der Waals surface area contributed by atoms with Crippen molar-refractivity contribution in [2.45, 2.75) is 45.4 Å². The van der Waals surface area contributed by atoms with Crippen LogP contribution in [0.25, 0.3) is 0 Å². The summed E-state index contributed by atoms with van der Waals surface area (Å²) in [5.74, 6) is 0. The Morgan fingerprint density at radius 2 is 2.25 bits per heavy atom. The lowest BCUT2D eigenvalue weighted by atomic mass is 9.75. The van der Waals surface area contributed by atoms with Gasteiger partial charge in [-0.25, -0.2) is 0 Å². The Kier molecular flexibility index (Phi) is 1.99. The molecular weight excluding hydrogens is 146 g/mol. The molecule has 2 N–H and O–H groups in total. The second kappa shape index (κ2) is 2.88. The van der Waals surface area contributed by atoms with Crippen LogP contribution in [-0.4, -0.2) is 6.54 Å². The first-order chi connectivity index (χ1) is 5.79. The highest BCUT2D eigenvalue weighted by Crippen LogP contribution is 2.51. The Hall–Kier alpha value is -0.300. The average Bonchev–Trinajstić information content (AvgIpc) is 2.39. The van der Waals surface area contributed by atoms with Crippen LogP contribution in [0.4, 0.5) is 0 Å². The summed E-state index contributed by atoms with van der Waals surface area (Å²) in [5, 5.41) is 0. The zero-order valence-electron chi connectivity index (χ0n) is 8.03. The summed E-state index contributed by atoms with van der Waals surface area (Å²) in [7, 11) is 0. The summed E-state index contributed by atoms with van der Waals surface area (Å²) in [6.45, 7) is 3.19. The van der Waals surface area contributed by atoms with E-state index in [1.54, 1.807) is 11.1 Å². The van der Waals surface area contributed by atoms with Gasteiger partial charge in [0.15, 0.2) is 0 Å². The second-order valence-electron chi connectivity index (χ2n) is 4.47. The molecule has 0 amide bonds. The van der Waals surface area contributed by atoms with Crippen LogP contribution in [0.3, 0.4) is 0 Å². The molecule has 1 saturated carbocycles. The van der Waals surface area contributed by atoms with Gasteiger partial charge in [-0.1, -0.05) is 18.1 Å². The first kappa shape index (κ1) is 8.31. The summed E-state index contributed by atoms with van der Waals surface area (Å²) in [4.78, 5) is 0. The Bertz CT molecular complexity index is 217. The molecule has 0 heterocycles. The van der Waals surface area contributed by atoms with Crippen molar-refractivity contribution in [2.75, 3.05) is 6.54 Å². The molecule has 0 spiro atoms. The van der Waals surface area contributed by atoms with Gasteiger partial charge in [-0.2, -0.15) is 0 Å². The van der Waals surface area contributed by atoms with Crippen molar-refractivity contribution in [1.29, 1.82) is 0 Å². The molecule has 12 heavy (non-hydrogen) atoms. The van der Waals surface area contributed by atoms with E-state index < -0.39 is 0 Å². The number of rotatable bonds is 2. The van der Waals surface area contributed by atoms with Gasteiger partial charge in [0.25, 0.3) is 0 Å². The number of allylic oxidation sites excluding steroid dienone is 2. The topological polar surface area (TPSA) is 26.0 Å². The van der Waals surface area contributed by atoms with Crippen LogP contribution in [0.1, 0.15) is 45.4 Å². The van der Waals surface area contributed by atoms with Gasteiger partial charge in [-0.05, 0) is 50.5 Å². The van der Waals surface area contributed by atoms with Crippen molar-refractivity contribution in [3.63, 3.8) is 0 Å². The molecule has 1 nitrogen and oxygen atoms in total. The Labute approximate surface area is 75.0 Å². The van der Waals surface area contributed by atoms with E-state index in [2.05, 4.69) is 6.92 Å². The molecule has 1 unspecified atom stereocenters. The number of nitrogens with two attached hydrogens (primary N) is 1. The maximum absolute atomic E-state index is 5.87. The molecule has 1 heteroatoms. The van der Waals surface area contributed by atoms with Crippen LogP contribution in [0.2, 0.25) is 0 Å². The highest BCUT2D eigenvalue weighted by Gasteiger charge is 2.39. The third kappa shape index (κ3) is 1.11. The lowest BCUT2D eigenvalue weighted by Crippen LogP contribution is -2.29. The van der Waals surface area contributed by atoms with Crippen LogP contribution in [-0.2, 0) is 0 Å². The summed E-state index contributed by atoms with van der Waals surface area (Å²) in [6, 6.07) is 0. The van der Waals surface area contributed by atoms with Gasteiger partial charge in [0.2, 0.25) is 0 Å². The highest BCUT2D eigenvalue weighted by molar-refractivity contribution is 5.27. The average molecular weight is 165 g/mol. The fourth-order valence-electron chi connectivity index (χ4n) is 2.96. The van der Waals surface area contributed by atoms with Crippen LogP contribution < -0.4 is 5.73 Å². The second-order valence-corrected chi connectivity index (χ2v) is 4.47. The van der Waals surface area contributed by atoms with Gasteiger partial charge < -0.3 is 5.73 Å². The van der Waals surface area contributed by atoms with E-state index in [1.807, 2.05) is 0 Å². The monoisotopic (exact) mass is 165 g/mol. The SMILES string of the molecule is CCC1=C2CCCC(CN)(C1)C2. The summed E-state index contributed by atoms with van der Waals surface area (Å²) in [6.07, 6.45) is 8.02. The van der Waals surface area contributed by atoms with Gasteiger partial charge in [0.05, 0.1) is 0 Å². The van der Waals surface area contributed by atoms with Crippen molar-refractivity contribution < 1.29 is 0 Å². The zero-order chi connectivity index (χ0) is 8.60. The fourth-order valence-corrected chi connectivity index (χ4v) is 2.96. The Morgan fingerprint density at radius 1 is 1.42 bits per heavy atom. The Balaban J connectivity index is 2.20. The van der Waals surface area contributed by atoms with Gasteiger partial charge in [-0.15, -0.1) is 0 Å². The lowest BCUT2D eigenvalue weighted by molar-refractivity contribution is 0.260. The smallest absolute Gasteiger partial charge is 0.00144 e. The Morgan fingerprint density at radius 3 is 2.83 bits per heavy atom. The maximum atomic E-state index is 5.87. The molecule has 1 fully saturated rings. The van der Waals surface area contributed by atoms with Crippen molar-refractivity contribution in [1.82, 2.24) is 0 Å². The molecule has 0 aromatic carbocycles. The minimum Gasteiger partial charge on any atom is -0.330 e. The van der Waals surface area contributed by atoms with Crippen molar-refractivity contribution in [2.24, 2.45) is 11.1 Å². The van der Waals surface area contributed by atoms with E-state index in [1.165, 1.54) is 38.5 Å². The molecule has 2 aliphatic carbocycles. The molecule has 0 aromatic rings. The predicted molar refractivity (Wildman–Crippen MR) is 51.9 cm³/mol. The van der Waals surface area contributed by atoms with E-state index in [9.17, 15) is 0 Å². The van der Waals surface area contributed by atoms with E-state index in [0.717, 1.165) is 6.54 Å². The molecule has 2 aliphatic rings. The minimum absolute atomic E-state index is 0.513. The van der Waals surface area contributed by atoms with Crippen molar-refractivity contribution in [3.05, 3.63) is 11.1 Å². The van der Waals surface area contributed by atoms with E-state index in [0.29, 0.717) is 5.41 Å². The summed E-state index contributed by atoms with van der Waals surface area (Å²) in [5.41, 5.74) is 9.87. The molecule has 0 aliphatic heterocycles. The predicted octanol–water partition coefficient (Wildman–Crippen LogP) is 2.62. The third-order valence-corrected chi connectivity index (χ3v) is 3.72. The summed E-state index contributed by atoms with van der Waals surface area (Å²) >= 11 is 0. The number of hydrogen-bond acceptors (Lipinski definition) is 1. The number of hydrogen-bond donors (Lipinski definition) is 1. The molecule has 0 aromatic heterocycles. The fraction of sp³-hybridized carbons (Fsp3) is 0.818. The zero-order valence-corrected chi connectivity index (χ0v) is 8.03. The molecule has 2 rings (SSSR count). The largest absolute Gasteiger partial charge is 0.330 e. The maximum Gasteiger partial charge on any atom is -0.00144 e. The first-order valence-electron chi connectivity index (χ1n) is 5.19. The first-order valence-corrected chi connectivity index (χ1v) is 5.19. The molecule has 68 valence electrons. The van der Waals surface area contributed by atoms with Crippen molar-refractivity contribution in [3.8, 4) is 0 Å². The van der Waals surface area contributed by atoms with E-state index in [-0.39, 0.29) is 0 Å². The van der Waals surface area contributed by atoms with Crippen LogP contribution >= 0.6 is 0 Å². The van der Waals surface area contributed by atoms with E-state index >= 15 is 0 Å². The van der Waals surface area contributed by atoms with Gasteiger partial charge >= 0.3 is 0 Å². The molecule has 0 radical (unpaired) electrons. The highest BCUT2D eigenvalue weighted by atomic mass is 14.6. The quantitative estimate of drug-likeness (QED) is 0.625. The summed E-state index contributed by atoms with van der Waals surface area (Å²) < 4.78 is 0. The number of fused-ring (bicyclic) bond motifs is 2. The van der Waals surface area contributed by atoms with Gasteiger partial charge in [-0.3, -0.25) is 0 Å². The molecule has 0 saturated heterocycles. The standard InChI is InChI=1S/C11H19N/c1-2-9-6-11(8-12)5-3-4-10(9)7-11/h2-8,12H2,1H3.